The van der Waals surface area contributed by atoms with E-state index in [1.807, 2.05) is 0 Å². The zero-order chi connectivity index (χ0) is 14.7. The van der Waals surface area contributed by atoms with E-state index in [-0.39, 0.29) is 11.6 Å². The first-order valence-corrected chi connectivity index (χ1v) is 5.69. The lowest BCUT2D eigenvalue weighted by Gasteiger charge is -2.01. The van der Waals surface area contributed by atoms with Crippen molar-refractivity contribution < 1.29 is 9.66 Å². The summed E-state index contributed by atoms with van der Waals surface area (Å²) in [4.78, 5) is 14.3. The normalized spacial score (nSPS) is 10.9. The molecule has 0 aliphatic heterocycles. The third-order valence-electron chi connectivity index (χ3n) is 2.53. The summed E-state index contributed by atoms with van der Waals surface area (Å²) in [7, 11) is 1.44. The number of hydrogen-bond donors (Lipinski definition) is 1. The minimum Gasteiger partial charge on any atom is -0.496 e. The fourth-order valence-corrected chi connectivity index (χ4v) is 1.63. The number of nitro benzene ring substituents is 1. The highest BCUT2D eigenvalue weighted by molar-refractivity contribution is 5.81. The third kappa shape index (κ3) is 2.91. The van der Waals surface area contributed by atoms with Gasteiger partial charge in [-0.2, -0.15) is 5.10 Å². The van der Waals surface area contributed by atoms with Crippen molar-refractivity contribution in [3.8, 4) is 5.75 Å². The van der Waals surface area contributed by atoms with Crippen molar-refractivity contribution in [3.63, 3.8) is 0 Å². The van der Waals surface area contributed by atoms with Crippen molar-refractivity contribution in [2.75, 3.05) is 12.8 Å². The largest absolute Gasteiger partial charge is 0.496 e. The number of non-ortho nitro benzene ring substituents is 1. The first-order valence-electron chi connectivity index (χ1n) is 5.69. The van der Waals surface area contributed by atoms with Crippen LogP contribution in [-0.2, 0) is 0 Å². The van der Waals surface area contributed by atoms with Crippen LogP contribution in [0.15, 0.2) is 29.5 Å². The van der Waals surface area contributed by atoms with E-state index in [2.05, 4.69) is 10.1 Å². The second-order valence-corrected chi connectivity index (χ2v) is 4.05. The van der Waals surface area contributed by atoms with Crippen molar-refractivity contribution in [2.45, 2.75) is 6.92 Å². The number of aromatic nitrogens is 2. The van der Waals surface area contributed by atoms with Crippen LogP contribution < -0.4 is 10.5 Å². The van der Waals surface area contributed by atoms with Gasteiger partial charge in [-0.1, -0.05) is 0 Å². The van der Waals surface area contributed by atoms with E-state index in [4.69, 9.17) is 10.5 Å². The van der Waals surface area contributed by atoms with Gasteiger partial charge in [0.2, 0.25) is 5.95 Å². The second-order valence-electron chi connectivity index (χ2n) is 4.05. The number of rotatable bonds is 4. The van der Waals surface area contributed by atoms with Crippen molar-refractivity contribution in [1.82, 2.24) is 9.66 Å². The Bertz CT molecular complexity index is 678. The molecule has 0 fully saturated rings. The number of benzene rings is 1. The summed E-state index contributed by atoms with van der Waals surface area (Å²) in [5, 5.41) is 14.9. The predicted octanol–water partition coefficient (Wildman–Crippen LogP) is 1.57. The predicted molar refractivity (Wildman–Crippen MR) is 74.0 cm³/mol. The number of nitrogens with two attached hydrogens (primary N) is 1. The summed E-state index contributed by atoms with van der Waals surface area (Å²) >= 11 is 0. The average Bonchev–Trinajstić information content (AvgIpc) is 2.74. The van der Waals surface area contributed by atoms with Crippen molar-refractivity contribution in [3.05, 3.63) is 45.8 Å². The van der Waals surface area contributed by atoms with Crippen LogP contribution in [0.3, 0.4) is 0 Å². The number of nitrogen functional groups attached to an aromatic ring is 1. The van der Waals surface area contributed by atoms with Gasteiger partial charge in [-0.15, -0.1) is 0 Å². The number of imidazole rings is 1. The topological polar surface area (TPSA) is 109 Å². The highest BCUT2D eigenvalue weighted by Gasteiger charge is 2.09. The molecule has 0 aliphatic rings. The highest BCUT2D eigenvalue weighted by Crippen LogP contribution is 2.21. The van der Waals surface area contributed by atoms with Crippen LogP contribution in [0.5, 0.6) is 5.75 Å². The molecule has 0 atom stereocenters. The molecule has 0 radical (unpaired) electrons. The maximum atomic E-state index is 10.8. The molecule has 2 N–H and O–H groups in total. The van der Waals surface area contributed by atoms with Crippen LogP contribution in [0.1, 0.15) is 11.3 Å². The number of nitrogens with zero attached hydrogens (tertiary/aromatic N) is 4. The Hall–Kier alpha value is -2.90. The van der Waals surface area contributed by atoms with Crippen LogP contribution in [0.4, 0.5) is 11.6 Å². The van der Waals surface area contributed by atoms with Gasteiger partial charge in [0, 0.05) is 11.6 Å². The molecule has 8 heteroatoms. The molecule has 20 heavy (non-hydrogen) atoms. The third-order valence-corrected chi connectivity index (χ3v) is 2.53. The lowest BCUT2D eigenvalue weighted by molar-refractivity contribution is -0.384. The monoisotopic (exact) mass is 275 g/mol. The number of ether oxygens (including phenoxy) is 1. The van der Waals surface area contributed by atoms with Crippen molar-refractivity contribution in [2.24, 2.45) is 5.10 Å². The van der Waals surface area contributed by atoms with E-state index >= 15 is 0 Å². The SMILES string of the molecule is COc1cc(C=Nn2cc(C)nc2N)cc([N+](=O)[O-])c1. The molecular formula is C12H13N5O3. The van der Waals surface area contributed by atoms with E-state index in [1.54, 1.807) is 19.2 Å². The Morgan fingerprint density at radius 2 is 2.25 bits per heavy atom. The molecule has 104 valence electrons. The first-order chi connectivity index (χ1) is 9.49. The maximum absolute atomic E-state index is 10.8. The maximum Gasteiger partial charge on any atom is 0.273 e. The number of hydrogen-bond acceptors (Lipinski definition) is 6. The summed E-state index contributed by atoms with van der Waals surface area (Å²) in [6.45, 7) is 1.79. The Morgan fingerprint density at radius 1 is 1.50 bits per heavy atom. The molecule has 1 heterocycles. The van der Waals surface area contributed by atoms with E-state index in [9.17, 15) is 10.1 Å². The zero-order valence-corrected chi connectivity index (χ0v) is 11.0. The Morgan fingerprint density at radius 3 is 2.80 bits per heavy atom. The molecule has 0 amide bonds. The zero-order valence-electron chi connectivity index (χ0n) is 11.0. The van der Waals surface area contributed by atoms with Gasteiger partial charge in [0.05, 0.1) is 36.2 Å². The van der Waals surface area contributed by atoms with E-state index in [0.29, 0.717) is 11.3 Å². The van der Waals surface area contributed by atoms with Crippen LogP contribution >= 0.6 is 0 Å². The highest BCUT2D eigenvalue weighted by atomic mass is 16.6. The standard InChI is InChI=1S/C12H13N5O3/c1-8-7-16(12(13)15-8)14-6-9-3-10(17(18)19)5-11(4-9)20-2/h3-7H,1-2H3,(H2,13,15). The molecule has 0 saturated heterocycles. The minimum atomic E-state index is -0.490. The number of aryl methyl sites for hydroxylation is 1. The van der Waals surface area contributed by atoms with Crippen LogP contribution in [-0.4, -0.2) is 27.9 Å². The fourth-order valence-electron chi connectivity index (χ4n) is 1.63. The summed E-state index contributed by atoms with van der Waals surface area (Å²) in [5.41, 5.74) is 6.84. The molecule has 8 nitrogen and oxygen atoms in total. The Kier molecular flexibility index (Phi) is 3.65. The average molecular weight is 275 g/mol. The molecule has 2 aromatic rings. The quantitative estimate of drug-likeness (QED) is 0.517. The van der Waals surface area contributed by atoms with Gasteiger partial charge in [0.15, 0.2) is 0 Å². The van der Waals surface area contributed by atoms with Gasteiger partial charge in [-0.25, -0.2) is 9.66 Å². The lowest BCUT2D eigenvalue weighted by Crippen LogP contribution is -1.98. The van der Waals surface area contributed by atoms with Crippen molar-refractivity contribution >= 4 is 17.9 Å². The molecular weight excluding hydrogens is 262 g/mol. The summed E-state index contributed by atoms with van der Waals surface area (Å²) in [6.07, 6.45) is 3.10. The fraction of sp³-hybridized carbons (Fsp3) is 0.167. The molecule has 2 rings (SSSR count). The van der Waals surface area contributed by atoms with E-state index in [1.165, 1.54) is 30.1 Å². The Balaban J connectivity index is 2.35. The Labute approximate surface area is 114 Å². The van der Waals surface area contributed by atoms with Gasteiger partial charge in [-0.05, 0) is 13.0 Å². The molecule has 0 bridgehead atoms. The van der Waals surface area contributed by atoms with Gasteiger partial charge < -0.3 is 10.5 Å². The number of methoxy groups -OCH3 is 1. The van der Waals surface area contributed by atoms with E-state index in [0.717, 1.165) is 5.69 Å². The minimum absolute atomic E-state index is 0.0689. The van der Waals surface area contributed by atoms with Crippen LogP contribution in [0.25, 0.3) is 0 Å². The van der Waals surface area contributed by atoms with Crippen molar-refractivity contribution in [1.29, 1.82) is 0 Å². The molecule has 1 aromatic heterocycles. The first kappa shape index (κ1) is 13.5. The van der Waals surface area contributed by atoms with E-state index < -0.39 is 4.92 Å². The smallest absolute Gasteiger partial charge is 0.273 e. The second kappa shape index (κ2) is 5.39. The summed E-state index contributed by atoms with van der Waals surface area (Å²) in [5.74, 6) is 0.631. The van der Waals surface area contributed by atoms with Gasteiger partial charge in [0.25, 0.3) is 5.69 Å². The van der Waals surface area contributed by atoms with Crippen LogP contribution in [0.2, 0.25) is 0 Å². The molecule has 0 spiro atoms. The molecule has 1 aromatic carbocycles. The lowest BCUT2D eigenvalue weighted by atomic mass is 10.2. The van der Waals surface area contributed by atoms with Crippen LogP contribution in [0, 0.1) is 17.0 Å². The summed E-state index contributed by atoms with van der Waals surface area (Å²) in [6, 6.07) is 4.37. The number of anilines is 1. The van der Waals surface area contributed by atoms with Gasteiger partial charge in [0.1, 0.15) is 5.75 Å². The van der Waals surface area contributed by atoms with Gasteiger partial charge in [-0.3, -0.25) is 10.1 Å². The van der Waals surface area contributed by atoms with Gasteiger partial charge >= 0.3 is 0 Å². The molecule has 0 aliphatic carbocycles. The molecule has 0 saturated carbocycles. The number of nitro groups is 1. The molecule has 0 unspecified atom stereocenters. The summed E-state index contributed by atoms with van der Waals surface area (Å²) < 4.78 is 6.41.